The van der Waals surface area contributed by atoms with E-state index in [1.54, 1.807) is 0 Å². The minimum Gasteiger partial charge on any atom is -0.349 e. The van der Waals surface area contributed by atoms with Crippen molar-refractivity contribution in [2.75, 3.05) is 20.1 Å². The molecule has 2 aromatic heterocycles. The standard InChI is InChI=1S/C17H22ClN3OS/c1-9-13-10(2)15(23-17(13)19-11(3)14(9)18)16(22)20-12-5-7-21(4)8-6-12/h12H,5-8H2,1-4H3,(H,20,22). The fourth-order valence-electron chi connectivity index (χ4n) is 3.22. The van der Waals surface area contributed by atoms with E-state index < -0.39 is 0 Å². The monoisotopic (exact) mass is 351 g/mol. The maximum atomic E-state index is 12.7. The zero-order valence-electron chi connectivity index (χ0n) is 14.0. The van der Waals surface area contributed by atoms with Crippen LogP contribution in [0.2, 0.25) is 5.02 Å². The van der Waals surface area contributed by atoms with Gasteiger partial charge in [0.1, 0.15) is 4.83 Å². The lowest BCUT2D eigenvalue weighted by Crippen LogP contribution is -2.43. The second-order valence-electron chi connectivity index (χ2n) is 6.42. The highest BCUT2D eigenvalue weighted by Crippen LogP contribution is 2.36. The molecule has 0 radical (unpaired) electrons. The summed E-state index contributed by atoms with van der Waals surface area (Å²) in [7, 11) is 2.12. The molecule has 23 heavy (non-hydrogen) atoms. The molecule has 0 aromatic carbocycles. The summed E-state index contributed by atoms with van der Waals surface area (Å²) in [6.07, 6.45) is 2.02. The number of aromatic nitrogens is 1. The number of rotatable bonds is 2. The highest BCUT2D eigenvalue weighted by atomic mass is 35.5. The van der Waals surface area contributed by atoms with E-state index >= 15 is 0 Å². The van der Waals surface area contributed by atoms with Crippen molar-refractivity contribution in [1.82, 2.24) is 15.2 Å². The Kier molecular flexibility index (Phi) is 4.63. The van der Waals surface area contributed by atoms with E-state index in [9.17, 15) is 4.79 Å². The van der Waals surface area contributed by atoms with Gasteiger partial charge in [-0.3, -0.25) is 4.79 Å². The molecule has 1 N–H and O–H groups in total. The van der Waals surface area contributed by atoms with Crippen LogP contribution in [0.15, 0.2) is 0 Å². The number of aryl methyl sites for hydroxylation is 3. The van der Waals surface area contributed by atoms with Crippen molar-refractivity contribution in [2.45, 2.75) is 39.7 Å². The number of halogens is 1. The van der Waals surface area contributed by atoms with Gasteiger partial charge in [-0.25, -0.2) is 4.98 Å². The first-order chi connectivity index (χ1) is 10.9. The predicted molar refractivity (Wildman–Crippen MR) is 96.8 cm³/mol. The van der Waals surface area contributed by atoms with Crippen LogP contribution in [0.1, 0.15) is 39.3 Å². The topological polar surface area (TPSA) is 45.2 Å². The number of amides is 1. The molecular weight excluding hydrogens is 330 g/mol. The zero-order valence-corrected chi connectivity index (χ0v) is 15.6. The third-order valence-corrected chi connectivity index (χ3v) is 6.42. The first-order valence-corrected chi connectivity index (χ1v) is 9.13. The molecule has 1 fully saturated rings. The molecule has 0 atom stereocenters. The van der Waals surface area contributed by atoms with Crippen molar-refractivity contribution in [1.29, 1.82) is 0 Å². The molecule has 3 heterocycles. The lowest BCUT2D eigenvalue weighted by Gasteiger charge is -2.29. The van der Waals surface area contributed by atoms with Crippen molar-refractivity contribution in [3.63, 3.8) is 0 Å². The van der Waals surface area contributed by atoms with Gasteiger partial charge >= 0.3 is 0 Å². The molecule has 1 aliphatic rings. The Hall–Kier alpha value is -1.17. The summed E-state index contributed by atoms with van der Waals surface area (Å²) in [5.41, 5.74) is 2.82. The second kappa shape index (κ2) is 6.38. The molecule has 6 heteroatoms. The molecule has 3 rings (SSSR count). The van der Waals surface area contributed by atoms with Crippen LogP contribution in [0.5, 0.6) is 0 Å². The van der Waals surface area contributed by atoms with Gasteiger partial charge in [-0.15, -0.1) is 11.3 Å². The first kappa shape index (κ1) is 16.7. The molecule has 4 nitrogen and oxygen atoms in total. The average Bonchev–Trinajstić information content (AvgIpc) is 2.84. The van der Waals surface area contributed by atoms with Crippen LogP contribution in [0.3, 0.4) is 0 Å². The third kappa shape index (κ3) is 3.10. The largest absolute Gasteiger partial charge is 0.349 e. The predicted octanol–water partition coefficient (Wildman–Crippen LogP) is 3.70. The van der Waals surface area contributed by atoms with Crippen LogP contribution in [-0.2, 0) is 0 Å². The molecule has 0 unspecified atom stereocenters. The van der Waals surface area contributed by atoms with Crippen LogP contribution in [0, 0.1) is 20.8 Å². The van der Waals surface area contributed by atoms with Gasteiger partial charge in [0.05, 0.1) is 15.6 Å². The van der Waals surface area contributed by atoms with E-state index in [1.165, 1.54) is 11.3 Å². The molecule has 124 valence electrons. The molecule has 0 bridgehead atoms. The number of pyridine rings is 1. The summed E-state index contributed by atoms with van der Waals surface area (Å²) >= 11 is 7.79. The summed E-state index contributed by atoms with van der Waals surface area (Å²) < 4.78 is 0. The molecule has 2 aromatic rings. The van der Waals surface area contributed by atoms with E-state index in [4.69, 9.17) is 11.6 Å². The zero-order chi connectivity index (χ0) is 16.7. The molecule has 0 saturated carbocycles. The third-order valence-electron chi connectivity index (χ3n) is 4.68. The van der Waals surface area contributed by atoms with Crippen molar-refractivity contribution in [3.05, 3.63) is 26.7 Å². The summed E-state index contributed by atoms with van der Waals surface area (Å²) in [5, 5.41) is 4.91. The van der Waals surface area contributed by atoms with Crippen LogP contribution < -0.4 is 5.32 Å². The second-order valence-corrected chi connectivity index (χ2v) is 7.80. The van der Waals surface area contributed by atoms with Gasteiger partial charge in [0, 0.05) is 11.4 Å². The van der Waals surface area contributed by atoms with Gasteiger partial charge in [-0.05, 0) is 64.9 Å². The number of likely N-dealkylation sites (tertiary alicyclic amines) is 1. The van der Waals surface area contributed by atoms with Gasteiger partial charge in [-0.1, -0.05) is 11.6 Å². The first-order valence-electron chi connectivity index (χ1n) is 7.93. The SMILES string of the molecule is Cc1nc2sc(C(=O)NC3CCN(C)CC3)c(C)c2c(C)c1Cl. The highest BCUT2D eigenvalue weighted by molar-refractivity contribution is 7.20. The Balaban J connectivity index is 1.89. The van der Waals surface area contributed by atoms with Gasteiger partial charge < -0.3 is 10.2 Å². The van der Waals surface area contributed by atoms with Gasteiger partial charge in [0.25, 0.3) is 5.91 Å². The number of nitrogens with zero attached hydrogens (tertiary/aromatic N) is 2. The number of piperidine rings is 1. The number of carbonyl (C=O) groups excluding carboxylic acids is 1. The summed E-state index contributed by atoms with van der Waals surface area (Å²) in [6.45, 7) is 7.96. The van der Waals surface area contributed by atoms with Gasteiger partial charge in [-0.2, -0.15) is 0 Å². The number of thiophene rings is 1. The van der Waals surface area contributed by atoms with E-state index in [0.717, 1.165) is 57.8 Å². The lowest BCUT2D eigenvalue weighted by atomic mass is 10.0. The summed E-state index contributed by atoms with van der Waals surface area (Å²) in [4.78, 5) is 21.2. The van der Waals surface area contributed by atoms with Crippen molar-refractivity contribution < 1.29 is 4.79 Å². The smallest absolute Gasteiger partial charge is 0.261 e. The molecule has 1 saturated heterocycles. The number of hydrogen-bond acceptors (Lipinski definition) is 4. The molecule has 1 amide bonds. The van der Waals surface area contributed by atoms with Crippen LogP contribution in [0.25, 0.3) is 10.2 Å². The fraction of sp³-hybridized carbons (Fsp3) is 0.529. The molecule has 0 spiro atoms. The Labute approximate surface area is 145 Å². The maximum absolute atomic E-state index is 12.7. The van der Waals surface area contributed by atoms with E-state index in [-0.39, 0.29) is 11.9 Å². The number of nitrogens with one attached hydrogen (secondary N) is 1. The van der Waals surface area contributed by atoms with E-state index in [2.05, 4.69) is 22.2 Å². The average molecular weight is 352 g/mol. The van der Waals surface area contributed by atoms with Crippen LogP contribution in [0.4, 0.5) is 0 Å². The molecule has 0 aliphatic carbocycles. The number of fused-ring (bicyclic) bond motifs is 1. The fourth-order valence-corrected chi connectivity index (χ4v) is 4.55. The molecular formula is C17H22ClN3OS. The minimum absolute atomic E-state index is 0.0215. The maximum Gasteiger partial charge on any atom is 0.261 e. The molecule has 1 aliphatic heterocycles. The van der Waals surface area contributed by atoms with Gasteiger partial charge in [0.15, 0.2) is 0 Å². The van der Waals surface area contributed by atoms with Crippen LogP contribution in [-0.4, -0.2) is 42.0 Å². The number of carbonyl (C=O) groups is 1. The van der Waals surface area contributed by atoms with Crippen LogP contribution >= 0.6 is 22.9 Å². The Morgan fingerprint density at radius 3 is 2.57 bits per heavy atom. The summed E-state index contributed by atoms with van der Waals surface area (Å²) in [5.74, 6) is 0.0215. The number of hydrogen-bond donors (Lipinski definition) is 1. The van der Waals surface area contributed by atoms with Gasteiger partial charge in [0.2, 0.25) is 0 Å². The minimum atomic E-state index is 0.0215. The summed E-state index contributed by atoms with van der Waals surface area (Å²) in [6, 6.07) is 0.266. The Morgan fingerprint density at radius 1 is 1.26 bits per heavy atom. The lowest BCUT2D eigenvalue weighted by molar-refractivity contribution is 0.0920. The van der Waals surface area contributed by atoms with Crippen molar-refractivity contribution in [2.24, 2.45) is 0 Å². The van der Waals surface area contributed by atoms with Crippen molar-refractivity contribution >= 4 is 39.1 Å². The van der Waals surface area contributed by atoms with E-state index in [0.29, 0.717) is 5.02 Å². The van der Waals surface area contributed by atoms with Crippen molar-refractivity contribution in [3.8, 4) is 0 Å². The highest BCUT2D eigenvalue weighted by Gasteiger charge is 2.23. The quantitative estimate of drug-likeness (QED) is 0.897. The Morgan fingerprint density at radius 2 is 1.91 bits per heavy atom. The normalized spacial score (nSPS) is 16.9. The van der Waals surface area contributed by atoms with E-state index in [1.807, 2.05) is 20.8 Å². The Bertz CT molecular complexity index is 763.